The van der Waals surface area contributed by atoms with Crippen LogP contribution in [0, 0.1) is 5.82 Å². The van der Waals surface area contributed by atoms with E-state index in [0.717, 1.165) is 6.07 Å². The van der Waals surface area contributed by atoms with E-state index in [-0.39, 0.29) is 27.8 Å². The highest BCUT2D eigenvalue weighted by molar-refractivity contribution is 14.1. The van der Waals surface area contributed by atoms with Gasteiger partial charge in [0.05, 0.1) is 40.4 Å². The monoisotopic (exact) mass is 645 g/mol. The van der Waals surface area contributed by atoms with E-state index in [1.54, 1.807) is 59.4 Å². The minimum atomic E-state index is -4.23. The van der Waals surface area contributed by atoms with Gasteiger partial charge in [0, 0.05) is 5.56 Å². The molecule has 0 spiro atoms. The lowest BCUT2D eigenvalue weighted by molar-refractivity contribution is 0.324. The van der Waals surface area contributed by atoms with E-state index in [2.05, 4.69) is 4.72 Å². The summed E-state index contributed by atoms with van der Waals surface area (Å²) in [6.45, 7) is 0. The van der Waals surface area contributed by atoms with Crippen molar-refractivity contribution in [2.24, 2.45) is 0 Å². The molecule has 1 N–H and O–H groups in total. The smallest absolute Gasteiger partial charge is 0.262 e. The van der Waals surface area contributed by atoms with Crippen molar-refractivity contribution in [3.63, 3.8) is 0 Å². The first-order valence-corrected chi connectivity index (χ1v) is 12.9. The molecule has 0 amide bonds. The van der Waals surface area contributed by atoms with Gasteiger partial charge in [-0.15, -0.1) is 0 Å². The van der Waals surface area contributed by atoms with Gasteiger partial charge >= 0.3 is 0 Å². The van der Waals surface area contributed by atoms with E-state index in [1.807, 2.05) is 0 Å². The Labute approximate surface area is 228 Å². The molecular weight excluding hydrogens is 620 g/mol. The fraction of sp³-hybridized carbons (Fsp3) is 0.200. The highest BCUT2D eigenvalue weighted by Crippen LogP contribution is 2.42. The first-order valence-electron chi connectivity index (χ1n) is 10.6. The first-order chi connectivity index (χ1) is 17.7. The van der Waals surface area contributed by atoms with Crippen molar-refractivity contribution in [2.75, 3.05) is 40.3 Å². The average molecular weight is 645 g/mol. The highest BCUT2D eigenvalue weighted by Gasteiger charge is 2.23. The van der Waals surface area contributed by atoms with Crippen LogP contribution in [0.15, 0.2) is 47.4 Å². The van der Waals surface area contributed by atoms with Gasteiger partial charge < -0.3 is 26.8 Å². The molecule has 0 aliphatic heterocycles. The second kappa shape index (κ2) is 12.2. The van der Waals surface area contributed by atoms with Crippen molar-refractivity contribution in [1.29, 1.82) is 0 Å². The standard InChI is InChI=1S/C25H25FINO8S/c1-31-19-11-9-17(14-18(19)26)37(29,30)28-23-16(8-10-20(36-27)25(23)35-5)7-6-15-12-21(32-2)24(34-4)22(13-15)33-3/h6-14,28H,1-5H3/b7-6-. The fourth-order valence-electron chi connectivity index (χ4n) is 3.48. The third-order valence-electron chi connectivity index (χ3n) is 5.25. The summed E-state index contributed by atoms with van der Waals surface area (Å²) in [5.41, 5.74) is 1.23. The summed E-state index contributed by atoms with van der Waals surface area (Å²) in [4.78, 5) is -0.298. The minimum absolute atomic E-state index is 0.0780. The molecular formula is C25H25FINO8S. The predicted octanol–water partition coefficient (Wildman–Crippen LogP) is 5.57. The quantitative estimate of drug-likeness (QED) is 0.214. The SMILES string of the molecule is COc1ccc(S(=O)(=O)Nc2c(/C=C\c3cc(OC)c(OC)c(OC)c3)ccc(OI)c2OC)cc1F. The summed E-state index contributed by atoms with van der Waals surface area (Å²) in [5.74, 6) is 0.874. The zero-order valence-electron chi connectivity index (χ0n) is 20.6. The van der Waals surface area contributed by atoms with E-state index in [1.165, 1.54) is 47.7 Å². The molecule has 0 aromatic heterocycles. The molecule has 0 unspecified atom stereocenters. The van der Waals surface area contributed by atoms with Gasteiger partial charge in [0.1, 0.15) is 5.69 Å². The summed E-state index contributed by atoms with van der Waals surface area (Å²) in [7, 11) is 2.96. The molecule has 198 valence electrons. The van der Waals surface area contributed by atoms with Crippen LogP contribution in [0.25, 0.3) is 12.2 Å². The Bertz CT molecular complexity index is 1390. The van der Waals surface area contributed by atoms with Crippen molar-refractivity contribution in [3.05, 3.63) is 59.4 Å². The number of ether oxygens (including phenoxy) is 5. The van der Waals surface area contributed by atoms with E-state index in [9.17, 15) is 12.8 Å². The second-order valence-electron chi connectivity index (χ2n) is 7.33. The molecule has 0 heterocycles. The molecule has 0 aliphatic rings. The third-order valence-corrected chi connectivity index (χ3v) is 7.08. The van der Waals surface area contributed by atoms with E-state index < -0.39 is 15.8 Å². The Hall–Kier alpha value is -3.39. The maximum Gasteiger partial charge on any atom is 0.262 e. The normalized spacial score (nSPS) is 11.2. The largest absolute Gasteiger partial charge is 0.494 e. The number of nitrogens with one attached hydrogen (secondary N) is 1. The van der Waals surface area contributed by atoms with Crippen LogP contribution in [0.2, 0.25) is 0 Å². The third kappa shape index (κ3) is 6.13. The van der Waals surface area contributed by atoms with E-state index in [0.29, 0.717) is 28.4 Å². The number of halogens is 2. The molecule has 9 nitrogen and oxygen atoms in total. The maximum absolute atomic E-state index is 14.2. The van der Waals surface area contributed by atoms with Gasteiger partial charge in [-0.05, 0) is 48.0 Å². The molecule has 0 aliphatic carbocycles. The molecule has 0 fully saturated rings. The van der Waals surface area contributed by atoms with Crippen molar-refractivity contribution in [3.8, 4) is 34.5 Å². The van der Waals surface area contributed by atoms with Crippen LogP contribution in [0.5, 0.6) is 34.5 Å². The van der Waals surface area contributed by atoms with Gasteiger partial charge in [-0.2, -0.15) is 0 Å². The predicted molar refractivity (Wildman–Crippen MR) is 146 cm³/mol. The van der Waals surface area contributed by atoms with E-state index >= 15 is 0 Å². The van der Waals surface area contributed by atoms with Gasteiger partial charge in [0.25, 0.3) is 10.0 Å². The first kappa shape index (κ1) is 28.2. The molecule has 0 atom stereocenters. The number of hydrogen-bond donors (Lipinski definition) is 1. The minimum Gasteiger partial charge on any atom is -0.494 e. The maximum atomic E-state index is 14.2. The Kier molecular flexibility index (Phi) is 9.32. The van der Waals surface area contributed by atoms with Crippen LogP contribution >= 0.6 is 23.0 Å². The van der Waals surface area contributed by atoms with Crippen LogP contribution in [0.4, 0.5) is 10.1 Å². The van der Waals surface area contributed by atoms with Gasteiger partial charge in [-0.3, -0.25) is 4.72 Å². The highest BCUT2D eigenvalue weighted by atomic mass is 127. The Morgan fingerprint density at radius 1 is 0.757 bits per heavy atom. The molecule has 12 heteroatoms. The number of sulfonamides is 1. The lowest BCUT2D eigenvalue weighted by atomic mass is 10.1. The van der Waals surface area contributed by atoms with Gasteiger partial charge in [-0.1, -0.05) is 12.2 Å². The molecule has 3 aromatic rings. The van der Waals surface area contributed by atoms with E-state index in [4.69, 9.17) is 26.8 Å². The van der Waals surface area contributed by atoms with Gasteiger partial charge in [0.2, 0.25) is 5.75 Å². The van der Waals surface area contributed by atoms with Gasteiger partial charge in [0.15, 0.2) is 57.6 Å². The topological polar surface area (TPSA) is 102 Å². The number of hydrogen-bond acceptors (Lipinski definition) is 8. The lowest BCUT2D eigenvalue weighted by Crippen LogP contribution is -2.15. The lowest BCUT2D eigenvalue weighted by Gasteiger charge is -2.17. The summed E-state index contributed by atoms with van der Waals surface area (Å²) in [5, 5.41) is 0. The zero-order valence-corrected chi connectivity index (χ0v) is 23.6. The molecule has 3 aromatic carbocycles. The van der Waals surface area contributed by atoms with Crippen molar-refractivity contribution < 1.29 is 39.6 Å². The molecule has 37 heavy (non-hydrogen) atoms. The van der Waals surface area contributed by atoms with Crippen LogP contribution in [-0.4, -0.2) is 44.0 Å². The van der Waals surface area contributed by atoms with Crippen molar-refractivity contribution in [1.82, 2.24) is 0 Å². The van der Waals surface area contributed by atoms with Crippen LogP contribution < -0.4 is 31.5 Å². The second-order valence-corrected chi connectivity index (χ2v) is 9.45. The number of benzene rings is 3. The molecule has 0 radical (unpaired) electrons. The number of anilines is 1. The van der Waals surface area contributed by atoms with Crippen LogP contribution in [0.3, 0.4) is 0 Å². The Morgan fingerprint density at radius 3 is 1.86 bits per heavy atom. The Balaban J connectivity index is 2.10. The molecule has 0 saturated heterocycles. The van der Waals surface area contributed by atoms with Gasteiger partial charge in [-0.25, -0.2) is 12.8 Å². The summed E-state index contributed by atoms with van der Waals surface area (Å²) < 4.78 is 74.9. The zero-order chi connectivity index (χ0) is 27.2. The Morgan fingerprint density at radius 2 is 1.35 bits per heavy atom. The molecule has 0 saturated carbocycles. The van der Waals surface area contributed by atoms with Crippen LogP contribution in [-0.2, 0) is 10.0 Å². The number of methoxy groups -OCH3 is 5. The van der Waals surface area contributed by atoms with Crippen molar-refractivity contribution >= 4 is 50.9 Å². The number of rotatable bonds is 11. The average Bonchev–Trinajstić information content (AvgIpc) is 2.90. The summed E-state index contributed by atoms with van der Waals surface area (Å²) >= 11 is 1.67. The van der Waals surface area contributed by atoms with Crippen LogP contribution in [0.1, 0.15) is 11.1 Å². The fourth-order valence-corrected chi connectivity index (χ4v) is 4.93. The molecule has 3 rings (SSSR count). The molecule has 0 bridgehead atoms. The summed E-state index contributed by atoms with van der Waals surface area (Å²) in [6, 6.07) is 10.1. The van der Waals surface area contributed by atoms with Crippen molar-refractivity contribution in [2.45, 2.75) is 4.90 Å². The summed E-state index contributed by atoms with van der Waals surface area (Å²) in [6.07, 6.45) is 3.40.